The van der Waals surface area contributed by atoms with Crippen molar-refractivity contribution < 1.29 is 9.90 Å². The van der Waals surface area contributed by atoms with E-state index in [4.69, 9.17) is 11.6 Å². The number of hydrogen-bond acceptors (Lipinski definition) is 2. The Morgan fingerprint density at radius 1 is 1.26 bits per heavy atom. The van der Waals surface area contributed by atoms with Gasteiger partial charge in [-0.05, 0) is 42.3 Å². The molecule has 2 rings (SSSR count). The molecule has 4 heteroatoms. The maximum Gasteiger partial charge on any atom is 0.228 e. The van der Waals surface area contributed by atoms with Gasteiger partial charge in [0, 0.05) is 10.7 Å². The van der Waals surface area contributed by atoms with Crippen molar-refractivity contribution in [2.75, 3.05) is 5.32 Å². The molecule has 0 aliphatic rings. The fourth-order valence-electron chi connectivity index (χ4n) is 1.73. The third-order valence-electron chi connectivity index (χ3n) is 2.73. The van der Waals surface area contributed by atoms with Gasteiger partial charge in [0.05, 0.1) is 6.42 Å². The predicted molar refractivity (Wildman–Crippen MR) is 76.6 cm³/mol. The van der Waals surface area contributed by atoms with E-state index in [1.54, 1.807) is 30.3 Å². The minimum Gasteiger partial charge on any atom is -0.508 e. The molecule has 0 fully saturated rings. The van der Waals surface area contributed by atoms with Crippen LogP contribution < -0.4 is 5.32 Å². The van der Waals surface area contributed by atoms with Crippen LogP contribution in [-0.2, 0) is 11.2 Å². The van der Waals surface area contributed by atoms with Gasteiger partial charge in [-0.15, -0.1) is 0 Å². The van der Waals surface area contributed by atoms with Crippen LogP contribution in [0, 0.1) is 6.92 Å². The Bertz CT molecular complexity index is 611. The number of rotatable bonds is 3. The van der Waals surface area contributed by atoms with Crippen molar-refractivity contribution in [2.45, 2.75) is 13.3 Å². The number of benzene rings is 2. The molecule has 0 saturated carbocycles. The normalized spacial score (nSPS) is 10.2. The van der Waals surface area contributed by atoms with Gasteiger partial charge >= 0.3 is 0 Å². The highest BCUT2D eigenvalue weighted by molar-refractivity contribution is 6.31. The molecule has 0 bridgehead atoms. The lowest BCUT2D eigenvalue weighted by Crippen LogP contribution is -2.14. The summed E-state index contributed by atoms with van der Waals surface area (Å²) in [7, 11) is 0. The van der Waals surface area contributed by atoms with Crippen LogP contribution >= 0.6 is 11.6 Å². The van der Waals surface area contributed by atoms with E-state index in [0.717, 1.165) is 11.1 Å². The van der Waals surface area contributed by atoms with E-state index in [1.165, 1.54) is 0 Å². The molecular formula is C15H14ClNO2. The summed E-state index contributed by atoms with van der Waals surface area (Å²) >= 11 is 5.99. The Morgan fingerprint density at radius 2 is 2.05 bits per heavy atom. The smallest absolute Gasteiger partial charge is 0.228 e. The zero-order chi connectivity index (χ0) is 13.8. The number of anilines is 1. The monoisotopic (exact) mass is 275 g/mol. The maximum atomic E-state index is 11.9. The van der Waals surface area contributed by atoms with Crippen LogP contribution in [0.25, 0.3) is 0 Å². The highest BCUT2D eigenvalue weighted by atomic mass is 35.5. The number of aryl methyl sites for hydroxylation is 1. The third kappa shape index (κ3) is 3.73. The lowest BCUT2D eigenvalue weighted by atomic mass is 10.1. The van der Waals surface area contributed by atoms with Gasteiger partial charge < -0.3 is 10.4 Å². The van der Waals surface area contributed by atoms with Crippen molar-refractivity contribution in [2.24, 2.45) is 0 Å². The minimum absolute atomic E-state index is 0.148. The molecule has 1 amide bonds. The minimum atomic E-state index is -0.148. The van der Waals surface area contributed by atoms with Crippen LogP contribution in [0.15, 0.2) is 42.5 Å². The van der Waals surface area contributed by atoms with E-state index in [2.05, 4.69) is 5.32 Å². The second-order valence-corrected chi connectivity index (χ2v) is 4.77. The van der Waals surface area contributed by atoms with Crippen LogP contribution in [0.2, 0.25) is 5.02 Å². The Kier molecular flexibility index (Phi) is 4.07. The zero-order valence-electron chi connectivity index (χ0n) is 10.5. The molecule has 19 heavy (non-hydrogen) atoms. The van der Waals surface area contributed by atoms with Crippen molar-refractivity contribution in [3.05, 3.63) is 58.6 Å². The average Bonchev–Trinajstić information content (AvgIpc) is 2.34. The van der Waals surface area contributed by atoms with Gasteiger partial charge in [-0.2, -0.15) is 0 Å². The maximum absolute atomic E-state index is 11.9. The van der Waals surface area contributed by atoms with Crippen molar-refractivity contribution in [3.63, 3.8) is 0 Å². The molecule has 0 unspecified atom stereocenters. The Morgan fingerprint density at radius 3 is 2.74 bits per heavy atom. The standard InChI is InChI=1S/C15H14ClNO2/c1-10-5-6-12(9-14(10)16)17-15(19)8-11-3-2-4-13(18)7-11/h2-7,9,18H,8H2,1H3,(H,17,19). The van der Waals surface area contributed by atoms with Crippen LogP contribution in [0.3, 0.4) is 0 Å². The molecular weight excluding hydrogens is 262 g/mol. The SMILES string of the molecule is Cc1ccc(NC(=O)Cc2cccc(O)c2)cc1Cl. The molecule has 0 aliphatic carbocycles. The molecule has 0 radical (unpaired) electrons. The fraction of sp³-hybridized carbons (Fsp3) is 0.133. The predicted octanol–water partition coefficient (Wildman–Crippen LogP) is 3.54. The van der Waals surface area contributed by atoms with Gasteiger partial charge in [0.25, 0.3) is 0 Å². The van der Waals surface area contributed by atoms with Gasteiger partial charge in [0.2, 0.25) is 5.91 Å². The van der Waals surface area contributed by atoms with Crippen molar-refractivity contribution in [3.8, 4) is 5.75 Å². The van der Waals surface area contributed by atoms with E-state index in [0.29, 0.717) is 10.7 Å². The quantitative estimate of drug-likeness (QED) is 0.900. The van der Waals surface area contributed by atoms with Crippen molar-refractivity contribution >= 4 is 23.2 Å². The van der Waals surface area contributed by atoms with Gasteiger partial charge in [-0.1, -0.05) is 29.8 Å². The second kappa shape index (κ2) is 5.76. The second-order valence-electron chi connectivity index (χ2n) is 4.36. The van der Waals surface area contributed by atoms with Gasteiger partial charge in [0.1, 0.15) is 5.75 Å². The first-order chi connectivity index (χ1) is 9.04. The summed E-state index contributed by atoms with van der Waals surface area (Å²) in [5.41, 5.74) is 2.39. The van der Waals surface area contributed by atoms with Crippen LogP contribution in [0.1, 0.15) is 11.1 Å². The number of phenols is 1. The molecule has 0 atom stereocenters. The molecule has 3 nitrogen and oxygen atoms in total. The summed E-state index contributed by atoms with van der Waals surface area (Å²) in [5, 5.41) is 12.7. The van der Waals surface area contributed by atoms with E-state index < -0.39 is 0 Å². The number of halogens is 1. The number of nitrogens with one attached hydrogen (secondary N) is 1. The first kappa shape index (κ1) is 13.4. The Labute approximate surface area is 116 Å². The van der Waals surface area contributed by atoms with E-state index >= 15 is 0 Å². The number of phenolic OH excluding ortho intramolecular Hbond substituents is 1. The summed E-state index contributed by atoms with van der Waals surface area (Å²) in [6.07, 6.45) is 0.208. The van der Waals surface area contributed by atoms with E-state index in [1.807, 2.05) is 19.1 Å². The average molecular weight is 276 g/mol. The molecule has 0 saturated heterocycles. The largest absolute Gasteiger partial charge is 0.508 e. The first-order valence-electron chi connectivity index (χ1n) is 5.88. The molecule has 0 heterocycles. The van der Waals surface area contributed by atoms with Crippen molar-refractivity contribution in [1.29, 1.82) is 0 Å². The number of carbonyl (C=O) groups is 1. The Hall–Kier alpha value is -2.00. The van der Waals surface area contributed by atoms with E-state index in [-0.39, 0.29) is 18.1 Å². The van der Waals surface area contributed by atoms with E-state index in [9.17, 15) is 9.90 Å². The summed E-state index contributed by atoms with van der Waals surface area (Å²) < 4.78 is 0. The molecule has 0 aromatic heterocycles. The summed E-state index contributed by atoms with van der Waals surface area (Å²) in [4.78, 5) is 11.9. The molecule has 98 valence electrons. The zero-order valence-corrected chi connectivity index (χ0v) is 11.2. The molecule has 2 aromatic rings. The van der Waals surface area contributed by atoms with Crippen LogP contribution in [0.4, 0.5) is 5.69 Å². The lowest BCUT2D eigenvalue weighted by molar-refractivity contribution is -0.115. The first-order valence-corrected chi connectivity index (χ1v) is 6.26. The van der Waals surface area contributed by atoms with Gasteiger partial charge in [-0.25, -0.2) is 0 Å². The fourth-order valence-corrected chi connectivity index (χ4v) is 1.91. The molecule has 0 spiro atoms. The van der Waals surface area contributed by atoms with Crippen LogP contribution in [-0.4, -0.2) is 11.0 Å². The highest BCUT2D eigenvalue weighted by Crippen LogP contribution is 2.20. The number of aromatic hydroxyl groups is 1. The molecule has 2 N–H and O–H groups in total. The topological polar surface area (TPSA) is 49.3 Å². The van der Waals surface area contributed by atoms with Crippen LogP contribution in [0.5, 0.6) is 5.75 Å². The summed E-state index contributed by atoms with van der Waals surface area (Å²) in [6.45, 7) is 1.90. The van der Waals surface area contributed by atoms with Crippen molar-refractivity contribution in [1.82, 2.24) is 0 Å². The summed E-state index contributed by atoms with van der Waals surface area (Å²) in [6, 6.07) is 12.0. The Balaban J connectivity index is 2.03. The number of carbonyl (C=O) groups excluding carboxylic acids is 1. The van der Waals surface area contributed by atoms with Gasteiger partial charge in [-0.3, -0.25) is 4.79 Å². The highest BCUT2D eigenvalue weighted by Gasteiger charge is 2.05. The van der Waals surface area contributed by atoms with Gasteiger partial charge in [0.15, 0.2) is 0 Å². The lowest BCUT2D eigenvalue weighted by Gasteiger charge is -2.07. The molecule has 2 aromatic carbocycles. The molecule has 0 aliphatic heterocycles. The summed E-state index contributed by atoms with van der Waals surface area (Å²) in [5.74, 6) is 0.00852. The number of amides is 1. The third-order valence-corrected chi connectivity index (χ3v) is 3.14. The number of hydrogen-bond donors (Lipinski definition) is 2.